The number of nitrogens with one attached hydrogen (secondary N) is 2. The van der Waals surface area contributed by atoms with E-state index in [1.165, 1.54) is 4.31 Å². The van der Waals surface area contributed by atoms with Crippen LogP contribution in [0.2, 0.25) is 0 Å². The molecule has 5 nitrogen and oxygen atoms in total. The van der Waals surface area contributed by atoms with Crippen LogP contribution >= 0.6 is 0 Å². The van der Waals surface area contributed by atoms with E-state index in [2.05, 4.69) is 10.0 Å². The summed E-state index contributed by atoms with van der Waals surface area (Å²) in [5, 5.41) is 3.02. The third kappa shape index (κ3) is 4.06. The van der Waals surface area contributed by atoms with Gasteiger partial charge in [0, 0.05) is 19.6 Å². The zero-order chi connectivity index (χ0) is 11.3. The molecule has 1 unspecified atom stereocenters. The topological polar surface area (TPSA) is 61.4 Å². The van der Waals surface area contributed by atoms with E-state index in [1.807, 2.05) is 14.0 Å². The summed E-state index contributed by atoms with van der Waals surface area (Å²) in [5.41, 5.74) is 0. The molecule has 0 aliphatic carbocycles. The van der Waals surface area contributed by atoms with Gasteiger partial charge in [-0.1, -0.05) is 6.92 Å². The van der Waals surface area contributed by atoms with Crippen molar-refractivity contribution in [1.82, 2.24) is 14.3 Å². The lowest BCUT2D eigenvalue weighted by Crippen LogP contribution is -2.41. The summed E-state index contributed by atoms with van der Waals surface area (Å²) >= 11 is 0. The Balaban J connectivity index is 2.35. The molecular weight excluding hydrogens is 214 g/mol. The van der Waals surface area contributed by atoms with Crippen LogP contribution in [0, 0.1) is 5.92 Å². The van der Waals surface area contributed by atoms with Gasteiger partial charge in [0.2, 0.25) is 0 Å². The van der Waals surface area contributed by atoms with E-state index in [9.17, 15) is 8.42 Å². The lowest BCUT2D eigenvalue weighted by Gasteiger charge is -2.18. The van der Waals surface area contributed by atoms with Gasteiger partial charge in [0.25, 0.3) is 10.2 Å². The largest absolute Gasteiger partial charge is 0.319 e. The molecule has 1 heterocycles. The average Bonchev–Trinajstić information content (AvgIpc) is 2.69. The molecule has 15 heavy (non-hydrogen) atoms. The molecule has 2 N–H and O–H groups in total. The van der Waals surface area contributed by atoms with Gasteiger partial charge in [-0.3, -0.25) is 0 Å². The number of hydrogen-bond acceptors (Lipinski definition) is 3. The molecule has 0 radical (unpaired) electrons. The molecule has 1 rings (SSSR count). The van der Waals surface area contributed by atoms with E-state index in [0.717, 1.165) is 19.4 Å². The Morgan fingerprint density at radius 1 is 1.27 bits per heavy atom. The van der Waals surface area contributed by atoms with Gasteiger partial charge in [0.05, 0.1) is 0 Å². The van der Waals surface area contributed by atoms with Crippen molar-refractivity contribution in [2.45, 2.75) is 19.8 Å². The summed E-state index contributed by atoms with van der Waals surface area (Å²) in [6, 6.07) is 0. The molecule has 0 amide bonds. The summed E-state index contributed by atoms with van der Waals surface area (Å²) in [6.45, 7) is 4.66. The SMILES string of the molecule is CNCC(C)CNS(=O)(=O)N1CCCC1. The molecule has 0 spiro atoms. The fourth-order valence-corrected chi connectivity index (χ4v) is 3.10. The van der Waals surface area contributed by atoms with Gasteiger partial charge in [0.1, 0.15) is 0 Å². The van der Waals surface area contributed by atoms with Gasteiger partial charge in [0.15, 0.2) is 0 Å². The van der Waals surface area contributed by atoms with Crippen LogP contribution in [0.5, 0.6) is 0 Å². The Hall–Kier alpha value is -0.170. The highest BCUT2D eigenvalue weighted by Gasteiger charge is 2.24. The first kappa shape index (κ1) is 12.9. The Bertz CT molecular complexity index is 273. The molecule has 90 valence electrons. The molecule has 1 saturated heterocycles. The highest BCUT2D eigenvalue weighted by atomic mass is 32.2. The second-order valence-electron chi connectivity index (χ2n) is 4.12. The summed E-state index contributed by atoms with van der Waals surface area (Å²) in [4.78, 5) is 0. The Morgan fingerprint density at radius 3 is 2.40 bits per heavy atom. The minimum absolute atomic E-state index is 0.312. The van der Waals surface area contributed by atoms with Gasteiger partial charge in [-0.05, 0) is 32.4 Å². The quantitative estimate of drug-likeness (QED) is 0.668. The molecule has 1 aliphatic rings. The summed E-state index contributed by atoms with van der Waals surface area (Å²) in [7, 11) is -1.35. The molecule has 6 heteroatoms. The maximum atomic E-state index is 11.7. The van der Waals surface area contributed by atoms with Crippen molar-refractivity contribution in [3.8, 4) is 0 Å². The monoisotopic (exact) mass is 235 g/mol. The van der Waals surface area contributed by atoms with Crippen molar-refractivity contribution in [2.24, 2.45) is 5.92 Å². The van der Waals surface area contributed by atoms with Crippen LogP contribution in [0.4, 0.5) is 0 Å². The first-order chi connectivity index (χ1) is 7.06. The Labute approximate surface area is 92.4 Å². The van der Waals surface area contributed by atoms with Crippen molar-refractivity contribution < 1.29 is 8.42 Å². The van der Waals surface area contributed by atoms with E-state index in [0.29, 0.717) is 25.6 Å². The molecule has 1 atom stereocenters. The first-order valence-electron chi connectivity index (χ1n) is 5.45. The summed E-state index contributed by atoms with van der Waals surface area (Å²) in [5.74, 6) is 0.312. The van der Waals surface area contributed by atoms with Crippen LogP contribution in [0.15, 0.2) is 0 Å². The van der Waals surface area contributed by atoms with Crippen molar-refractivity contribution >= 4 is 10.2 Å². The fourth-order valence-electron chi connectivity index (χ4n) is 1.69. The summed E-state index contributed by atoms with van der Waals surface area (Å²) < 4.78 is 27.6. The van der Waals surface area contributed by atoms with Crippen molar-refractivity contribution in [3.05, 3.63) is 0 Å². The molecule has 0 aromatic carbocycles. The lowest BCUT2D eigenvalue weighted by atomic mass is 10.2. The van der Waals surface area contributed by atoms with E-state index in [4.69, 9.17) is 0 Å². The normalized spacial score (nSPS) is 20.7. The maximum absolute atomic E-state index is 11.7. The third-order valence-electron chi connectivity index (χ3n) is 2.57. The zero-order valence-electron chi connectivity index (χ0n) is 9.49. The van der Waals surface area contributed by atoms with Gasteiger partial charge >= 0.3 is 0 Å². The highest BCUT2D eigenvalue weighted by Crippen LogP contribution is 2.11. The van der Waals surface area contributed by atoms with Gasteiger partial charge in [-0.15, -0.1) is 0 Å². The Morgan fingerprint density at radius 2 is 1.87 bits per heavy atom. The van der Waals surface area contributed by atoms with Gasteiger partial charge in [-0.2, -0.15) is 12.7 Å². The number of nitrogens with zero attached hydrogens (tertiary/aromatic N) is 1. The molecule has 1 aliphatic heterocycles. The van der Waals surface area contributed by atoms with Crippen LogP contribution in [-0.2, 0) is 10.2 Å². The van der Waals surface area contributed by atoms with Crippen molar-refractivity contribution in [3.63, 3.8) is 0 Å². The highest BCUT2D eigenvalue weighted by molar-refractivity contribution is 7.87. The van der Waals surface area contributed by atoms with E-state index in [1.54, 1.807) is 0 Å². The van der Waals surface area contributed by atoms with Crippen LogP contribution in [0.1, 0.15) is 19.8 Å². The average molecular weight is 235 g/mol. The minimum atomic E-state index is -3.22. The van der Waals surface area contributed by atoms with Gasteiger partial charge < -0.3 is 5.32 Å². The van der Waals surface area contributed by atoms with Crippen LogP contribution < -0.4 is 10.0 Å². The molecule has 0 aromatic heterocycles. The van der Waals surface area contributed by atoms with Crippen molar-refractivity contribution in [2.75, 3.05) is 33.2 Å². The smallest absolute Gasteiger partial charge is 0.279 e. The second kappa shape index (κ2) is 5.79. The molecule has 0 bridgehead atoms. The number of hydrogen-bond donors (Lipinski definition) is 2. The lowest BCUT2D eigenvalue weighted by molar-refractivity contribution is 0.451. The minimum Gasteiger partial charge on any atom is -0.319 e. The Kier molecular flexibility index (Phi) is 4.98. The summed E-state index contributed by atoms with van der Waals surface area (Å²) in [6.07, 6.45) is 1.96. The molecule has 0 aromatic rings. The van der Waals surface area contributed by atoms with Crippen LogP contribution in [0.3, 0.4) is 0 Å². The second-order valence-corrected chi connectivity index (χ2v) is 5.88. The predicted molar refractivity (Wildman–Crippen MR) is 60.8 cm³/mol. The fraction of sp³-hybridized carbons (Fsp3) is 1.00. The molecular formula is C9H21N3O2S. The van der Waals surface area contributed by atoms with Gasteiger partial charge in [-0.25, -0.2) is 4.72 Å². The van der Waals surface area contributed by atoms with Crippen molar-refractivity contribution in [1.29, 1.82) is 0 Å². The standard InChI is InChI=1S/C9H21N3O2S/c1-9(7-10-2)8-11-15(13,14)12-5-3-4-6-12/h9-11H,3-8H2,1-2H3. The van der Waals surface area contributed by atoms with E-state index < -0.39 is 10.2 Å². The van der Waals surface area contributed by atoms with E-state index >= 15 is 0 Å². The molecule has 0 saturated carbocycles. The first-order valence-corrected chi connectivity index (χ1v) is 6.89. The zero-order valence-corrected chi connectivity index (χ0v) is 10.3. The van der Waals surface area contributed by atoms with Crippen LogP contribution in [-0.4, -0.2) is 45.9 Å². The number of rotatable bonds is 6. The third-order valence-corrected chi connectivity index (χ3v) is 4.15. The molecule has 1 fully saturated rings. The predicted octanol–water partition coefficient (Wildman–Crippen LogP) is -0.228. The van der Waals surface area contributed by atoms with E-state index in [-0.39, 0.29) is 0 Å². The maximum Gasteiger partial charge on any atom is 0.279 e. The van der Waals surface area contributed by atoms with Crippen LogP contribution in [0.25, 0.3) is 0 Å².